The summed E-state index contributed by atoms with van der Waals surface area (Å²) in [7, 11) is 0. The van der Waals surface area contributed by atoms with Crippen molar-refractivity contribution in [2.75, 3.05) is 23.4 Å². The van der Waals surface area contributed by atoms with E-state index in [-0.39, 0.29) is 0 Å². The zero-order chi connectivity index (χ0) is 12.8. The van der Waals surface area contributed by atoms with Crippen molar-refractivity contribution in [1.29, 1.82) is 0 Å². The van der Waals surface area contributed by atoms with Crippen LogP contribution in [-0.2, 0) is 6.54 Å². The number of nitrogens with zero attached hydrogens (tertiary/aromatic N) is 3. The highest BCUT2D eigenvalue weighted by molar-refractivity contribution is 7.98. The lowest BCUT2D eigenvalue weighted by molar-refractivity contribution is 0.944. The van der Waals surface area contributed by atoms with Crippen LogP contribution in [0.2, 0.25) is 0 Å². The average molecular weight is 281 g/mol. The number of rotatable bonds is 6. The predicted molar refractivity (Wildman–Crippen MR) is 77.4 cm³/mol. The first-order valence-corrected chi connectivity index (χ1v) is 7.76. The maximum Gasteiger partial charge on any atom is 0.191 e. The number of aromatic nitrogens is 3. The number of thiazole rings is 1. The van der Waals surface area contributed by atoms with Gasteiger partial charge in [0.05, 0.1) is 17.7 Å². The molecule has 0 radical (unpaired) electrons. The SMILES string of the molecule is CCNc1cc(NCc2cscn2)nc(SC)n1. The Bertz CT molecular complexity index is 486. The first-order chi connectivity index (χ1) is 8.81. The molecule has 0 aliphatic carbocycles. The summed E-state index contributed by atoms with van der Waals surface area (Å²) in [6, 6.07) is 1.91. The van der Waals surface area contributed by atoms with E-state index in [1.54, 1.807) is 11.3 Å². The summed E-state index contributed by atoms with van der Waals surface area (Å²) in [6.45, 7) is 3.57. The summed E-state index contributed by atoms with van der Waals surface area (Å²) in [5.74, 6) is 1.66. The second-order valence-corrected chi connectivity index (χ2v) is 4.98. The number of nitrogens with one attached hydrogen (secondary N) is 2. The Hall–Kier alpha value is -1.34. The second-order valence-electron chi connectivity index (χ2n) is 3.49. The normalized spacial score (nSPS) is 10.3. The molecule has 0 amide bonds. The number of hydrogen-bond acceptors (Lipinski definition) is 7. The summed E-state index contributed by atoms with van der Waals surface area (Å²) in [4.78, 5) is 13.0. The van der Waals surface area contributed by atoms with Gasteiger partial charge in [0.15, 0.2) is 5.16 Å². The van der Waals surface area contributed by atoms with Crippen LogP contribution < -0.4 is 10.6 Å². The molecule has 0 aliphatic rings. The summed E-state index contributed by atoms with van der Waals surface area (Å²) in [5, 5.41) is 9.24. The van der Waals surface area contributed by atoms with Gasteiger partial charge in [0, 0.05) is 18.0 Å². The molecule has 5 nitrogen and oxygen atoms in total. The van der Waals surface area contributed by atoms with E-state index < -0.39 is 0 Å². The third-order valence-corrected chi connectivity index (χ3v) is 3.36. The van der Waals surface area contributed by atoms with Crippen LogP contribution in [0.3, 0.4) is 0 Å². The summed E-state index contributed by atoms with van der Waals surface area (Å²) in [5.41, 5.74) is 2.85. The number of hydrogen-bond donors (Lipinski definition) is 2. The molecule has 2 N–H and O–H groups in total. The molecule has 96 valence electrons. The molecule has 2 rings (SSSR count). The number of anilines is 2. The van der Waals surface area contributed by atoms with Gasteiger partial charge < -0.3 is 10.6 Å². The smallest absolute Gasteiger partial charge is 0.191 e. The maximum atomic E-state index is 4.41. The summed E-state index contributed by atoms with van der Waals surface area (Å²) < 4.78 is 0. The van der Waals surface area contributed by atoms with Gasteiger partial charge in [-0.05, 0) is 13.2 Å². The van der Waals surface area contributed by atoms with Crippen molar-refractivity contribution in [1.82, 2.24) is 15.0 Å². The molecule has 7 heteroatoms. The molecular weight excluding hydrogens is 266 g/mol. The summed E-state index contributed by atoms with van der Waals surface area (Å²) in [6.07, 6.45) is 1.97. The van der Waals surface area contributed by atoms with Crippen LogP contribution >= 0.6 is 23.1 Å². The Morgan fingerprint density at radius 2 is 2.06 bits per heavy atom. The molecule has 0 saturated carbocycles. The molecule has 0 saturated heterocycles. The summed E-state index contributed by atoms with van der Waals surface area (Å²) >= 11 is 3.12. The van der Waals surface area contributed by atoms with Crippen molar-refractivity contribution >= 4 is 34.7 Å². The van der Waals surface area contributed by atoms with Gasteiger partial charge in [-0.2, -0.15) is 0 Å². The molecule has 2 aromatic rings. The highest BCUT2D eigenvalue weighted by Crippen LogP contribution is 2.17. The topological polar surface area (TPSA) is 62.7 Å². The fraction of sp³-hybridized carbons (Fsp3) is 0.364. The Kier molecular flexibility index (Phi) is 4.77. The first-order valence-electron chi connectivity index (χ1n) is 5.59. The first kappa shape index (κ1) is 13.1. The van der Waals surface area contributed by atoms with Gasteiger partial charge in [0.1, 0.15) is 11.6 Å². The Morgan fingerprint density at radius 3 is 2.67 bits per heavy atom. The average Bonchev–Trinajstić information content (AvgIpc) is 2.89. The van der Waals surface area contributed by atoms with E-state index in [1.165, 1.54) is 11.8 Å². The minimum absolute atomic E-state index is 0.680. The van der Waals surface area contributed by atoms with Crippen molar-refractivity contribution in [3.8, 4) is 0 Å². The molecular formula is C11H15N5S2. The van der Waals surface area contributed by atoms with E-state index >= 15 is 0 Å². The van der Waals surface area contributed by atoms with Gasteiger partial charge in [-0.1, -0.05) is 11.8 Å². The van der Waals surface area contributed by atoms with Crippen LogP contribution in [0.1, 0.15) is 12.6 Å². The highest BCUT2D eigenvalue weighted by atomic mass is 32.2. The Balaban J connectivity index is 2.08. The Labute approximate surface area is 114 Å². The minimum atomic E-state index is 0.680. The van der Waals surface area contributed by atoms with Crippen LogP contribution in [0, 0.1) is 0 Å². The van der Waals surface area contributed by atoms with Crippen LogP contribution in [0.4, 0.5) is 11.6 Å². The molecule has 0 fully saturated rings. The maximum absolute atomic E-state index is 4.41. The van der Waals surface area contributed by atoms with Gasteiger partial charge in [-0.15, -0.1) is 11.3 Å². The fourth-order valence-corrected chi connectivity index (χ4v) is 2.32. The van der Waals surface area contributed by atoms with Crippen molar-refractivity contribution in [2.45, 2.75) is 18.6 Å². The lowest BCUT2D eigenvalue weighted by Gasteiger charge is -2.08. The molecule has 18 heavy (non-hydrogen) atoms. The van der Waals surface area contributed by atoms with E-state index in [9.17, 15) is 0 Å². The molecule has 2 aromatic heterocycles. The molecule has 0 aromatic carbocycles. The fourth-order valence-electron chi connectivity index (χ4n) is 1.38. The van der Waals surface area contributed by atoms with Crippen LogP contribution in [0.5, 0.6) is 0 Å². The molecule has 0 bridgehead atoms. The molecule has 0 aliphatic heterocycles. The standard InChI is InChI=1S/C11H15N5S2/c1-3-12-9-4-10(16-11(15-9)17-2)13-5-8-6-18-7-14-8/h4,6-7H,3,5H2,1-2H3,(H2,12,13,15,16). The lowest BCUT2D eigenvalue weighted by Crippen LogP contribution is -2.06. The van der Waals surface area contributed by atoms with Gasteiger partial charge >= 0.3 is 0 Å². The van der Waals surface area contributed by atoms with Crippen molar-refractivity contribution < 1.29 is 0 Å². The molecule has 0 atom stereocenters. The van der Waals surface area contributed by atoms with Crippen molar-refractivity contribution in [2.24, 2.45) is 0 Å². The Morgan fingerprint density at radius 1 is 1.28 bits per heavy atom. The van der Waals surface area contributed by atoms with E-state index in [4.69, 9.17) is 0 Å². The molecule has 0 unspecified atom stereocenters. The predicted octanol–water partition coefficient (Wildman–Crippen LogP) is 2.70. The monoisotopic (exact) mass is 281 g/mol. The minimum Gasteiger partial charge on any atom is -0.370 e. The van der Waals surface area contributed by atoms with Gasteiger partial charge in [-0.3, -0.25) is 0 Å². The van der Waals surface area contributed by atoms with E-state index in [0.29, 0.717) is 6.54 Å². The molecule has 0 spiro atoms. The van der Waals surface area contributed by atoms with E-state index in [2.05, 4.69) is 25.6 Å². The highest BCUT2D eigenvalue weighted by Gasteiger charge is 2.03. The quantitative estimate of drug-likeness (QED) is 0.627. The van der Waals surface area contributed by atoms with E-state index in [1.807, 2.05) is 30.1 Å². The second kappa shape index (κ2) is 6.55. The third kappa shape index (κ3) is 3.58. The number of thioether (sulfide) groups is 1. The van der Waals surface area contributed by atoms with Crippen LogP contribution in [0.15, 0.2) is 22.1 Å². The largest absolute Gasteiger partial charge is 0.370 e. The third-order valence-electron chi connectivity index (χ3n) is 2.18. The van der Waals surface area contributed by atoms with Gasteiger partial charge in [0.25, 0.3) is 0 Å². The van der Waals surface area contributed by atoms with Crippen molar-refractivity contribution in [3.63, 3.8) is 0 Å². The van der Waals surface area contributed by atoms with Gasteiger partial charge in [-0.25, -0.2) is 15.0 Å². The molecule has 2 heterocycles. The van der Waals surface area contributed by atoms with Crippen LogP contribution in [-0.4, -0.2) is 27.8 Å². The van der Waals surface area contributed by atoms with Gasteiger partial charge in [0.2, 0.25) is 0 Å². The van der Waals surface area contributed by atoms with E-state index in [0.717, 1.165) is 29.0 Å². The van der Waals surface area contributed by atoms with Crippen molar-refractivity contribution in [3.05, 3.63) is 22.7 Å². The van der Waals surface area contributed by atoms with Crippen LogP contribution in [0.25, 0.3) is 0 Å². The zero-order valence-electron chi connectivity index (χ0n) is 10.3. The zero-order valence-corrected chi connectivity index (χ0v) is 11.9. The lowest BCUT2D eigenvalue weighted by atomic mass is 10.4.